The molecule has 2 fully saturated rings. The normalized spacial score (nSPS) is 21.4. The van der Waals surface area contributed by atoms with Gasteiger partial charge in [0.1, 0.15) is 17.2 Å². The molecule has 146 valence electrons. The van der Waals surface area contributed by atoms with Crippen molar-refractivity contribution in [1.82, 2.24) is 14.8 Å². The fraction of sp³-hybridized carbons (Fsp3) is 0.350. The Hall–Kier alpha value is -3.03. The first kappa shape index (κ1) is 18.3. The van der Waals surface area contributed by atoms with Crippen LogP contribution in [-0.4, -0.2) is 40.4 Å². The number of nitrogens with one attached hydrogen (secondary N) is 1. The molecular weight excluding hydrogens is 368 g/mol. The number of nitrogens with zero attached hydrogens (tertiary/aromatic N) is 2. The van der Waals surface area contributed by atoms with E-state index in [0.717, 1.165) is 22.8 Å². The van der Waals surface area contributed by atoms with Crippen molar-refractivity contribution >= 4 is 11.8 Å². The highest BCUT2D eigenvalue weighted by molar-refractivity contribution is 5.95. The van der Waals surface area contributed by atoms with Gasteiger partial charge in [-0.1, -0.05) is 0 Å². The van der Waals surface area contributed by atoms with Gasteiger partial charge in [0.05, 0.1) is 5.69 Å². The Morgan fingerprint density at radius 2 is 2.00 bits per heavy atom. The fourth-order valence-corrected chi connectivity index (χ4v) is 4.02. The molecule has 0 radical (unpaired) electrons. The van der Waals surface area contributed by atoms with Crippen molar-refractivity contribution in [3.05, 3.63) is 63.6 Å². The molecular formula is C20H19F2N3O3. The SMILES string of the molecule is Cc1ccn(-c2cc(F)ccc2F)c(=O)c1C(=O)N1CC[C@@H]2NC(=O)C[C@@H]2C1. The van der Waals surface area contributed by atoms with Crippen LogP contribution in [0.4, 0.5) is 8.78 Å². The molecule has 1 N–H and O–H groups in total. The maximum atomic E-state index is 14.1. The Morgan fingerprint density at radius 3 is 2.79 bits per heavy atom. The van der Waals surface area contributed by atoms with E-state index in [9.17, 15) is 23.2 Å². The van der Waals surface area contributed by atoms with E-state index in [-0.39, 0.29) is 29.1 Å². The summed E-state index contributed by atoms with van der Waals surface area (Å²) >= 11 is 0. The van der Waals surface area contributed by atoms with Crippen LogP contribution in [0.3, 0.4) is 0 Å². The lowest BCUT2D eigenvalue weighted by Gasteiger charge is -2.34. The predicted molar refractivity (Wildman–Crippen MR) is 97.3 cm³/mol. The predicted octanol–water partition coefficient (Wildman–Crippen LogP) is 1.77. The molecule has 4 rings (SSSR count). The third kappa shape index (κ3) is 3.08. The quantitative estimate of drug-likeness (QED) is 0.854. The Morgan fingerprint density at radius 1 is 1.21 bits per heavy atom. The molecule has 0 bridgehead atoms. The summed E-state index contributed by atoms with van der Waals surface area (Å²) in [6.45, 7) is 2.43. The van der Waals surface area contributed by atoms with E-state index in [2.05, 4.69) is 5.32 Å². The summed E-state index contributed by atoms with van der Waals surface area (Å²) in [5.74, 6) is -1.90. The molecule has 2 aliphatic rings. The minimum atomic E-state index is -0.762. The second-order valence-electron chi connectivity index (χ2n) is 7.32. The average molecular weight is 387 g/mol. The number of likely N-dealkylation sites (tertiary alicyclic amines) is 1. The molecule has 0 aliphatic carbocycles. The van der Waals surface area contributed by atoms with E-state index in [1.54, 1.807) is 11.8 Å². The van der Waals surface area contributed by atoms with Crippen LogP contribution in [-0.2, 0) is 4.79 Å². The zero-order valence-corrected chi connectivity index (χ0v) is 15.2. The maximum absolute atomic E-state index is 14.1. The summed E-state index contributed by atoms with van der Waals surface area (Å²) in [5.41, 5.74) is -0.548. The van der Waals surface area contributed by atoms with Gasteiger partial charge in [0.15, 0.2) is 0 Å². The van der Waals surface area contributed by atoms with Crippen LogP contribution < -0.4 is 10.9 Å². The molecule has 3 heterocycles. The number of aryl methyl sites for hydroxylation is 1. The number of hydrogen-bond donors (Lipinski definition) is 1. The first-order valence-electron chi connectivity index (χ1n) is 9.11. The Kier molecular flexibility index (Phi) is 4.49. The van der Waals surface area contributed by atoms with Crippen molar-refractivity contribution in [3.8, 4) is 5.69 Å². The molecule has 2 aliphatic heterocycles. The standard InChI is InChI=1S/C20H19F2N3O3/c1-11-4-7-25(16-9-13(21)2-3-14(16)22)20(28)18(11)19(27)24-6-5-15-12(10-24)8-17(26)23-15/h2-4,7,9,12,15H,5-6,8,10H2,1H3,(H,23,26)/t12-,15+/m1/s1. The van der Waals surface area contributed by atoms with Gasteiger partial charge in [0, 0.05) is 43.7 Å². The van der Waals surface area contributed by atoms with E-state index in [4.69, 9.17) is 0 Å². The van der Waals surface area contributed by atoms with Crippen LogP contribution in [0.5, 0.6) is 0 Å². The fourth-order valence-electron chi connectivity index (χ4n) is 4.02. The van der Waals surface area contributed by atoms with Crippen LogP contribution in [0.2, 0.25) is 0 Å². The van der Waals surface area contributed by atoms with Crippen molar-refractivity contribution in [2.24, 2.45) is 5.92 Å². The molecule has 2 atom stereocenters. The van der Waals surface area contributed by atoms with Gasteiger partial charge >= 0.3 is 0 Å². The van der Waals surface area contributed by atoms with Crippen molar-refractivity contribution in [3.63, 3.8) is 0 Å². The molecule has 0 spiro atoms. The maximum Gasteiger partial charge on any atom is 0.268 e. The van der Waals surface area contributed by atoms with E-state index in [1.807, 2.05) is 0 Å². The van der Waals surface area contributed by atoms with Crippen LogP contribution in [0.15, 0.2) is 35.3 Å². The topological polar surface area (TPSA) is 71.4 Å². The summed E-state index contributed by atoms with van der Waals surface area (Å²) in [5, 5.41) is 2.90. The van der Waals surface area contributed by atoms with Gasteiger partial charge in [-0.3, -0.25) is 19.0 Å². The Labute approximate surface area is 159 Å². The number of pyridine rings is 1. The average Bonchev–Trinajstić information content (AvgIpc) is 3.03. The van der Waals surface area contributed by atoms with Crippen molar-refractivity contribution in [2.45, 2.75) is 25.8 Å². The number of benzene rings is 1. The highest BCUT2D eigenvalue weighted by Gasteiger charge is 2.39. The highest BCUT2D eigenvalue weighted by Crippen LogP contribution is 2.26. The van der Waals surface area contributed by atoms with Crippen molar-refractivity contribution < 1.29 is 18.4 Å². The number of rotatable bonds is 2. The molecule has 2 saturated heterocycles. The van der Waals surface area contributed by atoms with E-state index in [1.165, 1.54) is 12.3 Å². The van der Waals surface area contributed by atoms with Crippen LogP contribution in [0.1, 0.15) is 28.8 Å². The monoisotopic (exact) mass is 387 g/mol. The molecule has 1 aromatic carbocycles. The zero-order chi connectivity index (χ0) is 20.0. The number of piperidine rings is 1. The lowest BCUT2D eigenvalue weighted by molar-refractivity contribution is -0.119. The van der Waals surface area contributed by atoms with Gasteiger partial charge in [0.2, 0.25) is 5.91 Å². The lowest BCUT2D eigenvalue weighted by atomic mass is 9.92. The van der Waals surface area contributed by atoms with Gasteiger partial charge in [-0.15, -0.1) is 0 Å². The molecule has 2 amide bonds. The molecule has 1 aromatic heterocycles. The van der Waals surface area contributed by atoms with Crippen molar-refractivity contribution in [1.29, 1.82) is 0 Å². The second kappa shape index (κ2) is 6.85. The molecule has 0 unspecified atom stereocenters. The van der Waals surface area contributed by atoms with Gasteiger partial charge in [-0.05, 0) is 37.1 Å². The smallest absolute Gasteiger partial charge is 0.268 e. The number of fused-ring (bicyclic) bond motifs is 1. The minimum absolute atomic E-state index is 0.0240. The van der Waals surface area contributed by atoms with Gasteiger partial charge < -0.3 is 10.2 Å². The minimum Gasteiger partial charge on any atom is -0.353 e. The summed E-state index contributed by atoms with van der Waals surface area (Å²) < 4.78 is 28.7. The molecule has 28 heavy (non-hydrogen) atoms. The van der Waals surface area contributed by atoms with Crippen LogP contribution in [0, 0.1) is 24.5 Å². The van der Waals surface area contributed by atoms with Gasteiger partial charge in [-0.2, -0.15) is 0 Å². The van der Waals surface area contributed by atoms with Crippen molar-refractivity contribution in [2.75, 3.05) is 13.1 Å². The summed E-state index contributed by atoms with van der Waals surface area (Å²) in [4.78, 5) is 39.2. The second-order valence-corrected chi connectivity index (χ2v) is 7.32. The number of amides is 2. The van der Waals surface area contributed by atoms with Crippen LogP contribution in [0.25, 0.3) is 5.69 Å². The zero-order valence-electron chi connectivity index (χ0n) is 15.2. The number of carbonyl (C=O) groups excluding carboxylic acids is 2. The highest BCUT2D eigenvalue weighted by atomic mass is 19.1. The van der Waals surface area contributed by atoms with Gasteiger partial charge in [0.25, 0.3) is 11.5 Å². The molecule has 0 saturated carbocycles. The summed E-state index contributed by atoms with van der Waals surface area (Å²) in [6.07, 6.45) is 2.32. The molecule has 8 heteroatoms. The molecule has 6 nitrogen and oxygen atoms in total. The summed E-state index contributed by atoms with van der Waals surface area (Å²) in [7, 11) is 0. The largest absolute Gasteiger partial charge is 0.353 e. The van der Waals surface area contributed by atoms with E-state index >= 15 is 0 Å². The number of carbonyl (C=O) groups is 2. The third-order valence-electron chi connectivity index (χ3n) is 5.50. The molecule has 2 aromatic rings. The Balaban J connectivity index is 1.70. The number of hydrogen-bond acceptors (Lipinski definition) is 3. The summed E-state index contributed by atoms with van der Waals surface area (Å²) in [6, 6.07) is 4.42. The first-order chi connectivity index (χ1) is 13.3. The number of halogens is 2. The van der Waals surface area contributed by atoms with Crippen LogP contribution >= 0.6 is 0 Å². The lowest BCUT2D eigenvalue weighted by Crippen LogP contribution is -2.48. The Bertz CT molecular complexity index is 1030. The number of aromatic nitrogens is 1. The van der Waals surface area contributed by atoms with Gasteiger partial charge in [-0.25, -0.2) is 8.78 Å². The first-order valence-corrected chi connectivity index (χ1v) is 9.11. The van der Waals surface area contributed by atoms with E-state index < -0.39 is 23.1 Å². The third-order valence-corrected chi connectivity index (χ3v) is 5.50. The van der Waals surface area contributed by atoms with E-state index in [0.29, 0.717) is 31.5 Å².